The molecule has 1 atom stereocenters. The van der Waals surface area contributed by atoms with E-state index in [1.807, 2.05) is 13.8 Å². The van der Waals surface area contributed by atoms with Crippen molar-refractivity contribution in [1.29, 1.82) is 0 Å². The van der Waals surface area contributed by atoms with E-state index in [2.05, 4.69) is 0 Å². The quantitative estimate of drug-likeness (QED) is 0.677. The second-order valence-electron chi connectivity index (χ2n) is 7.08. The molecular formula is C23H23NO5. The molecule has 4 rings (SSSR count). The number of aromatic hydroxyl groups is 1. The summed E-state index contributed by atoms with van der Waals surface area (Å²) in [6, 6.07) is 11.3. The summed E-state index contributed by atoms with van der Waals surface area (Å²) in [5.41, 5.74) is 1.25. The van der Waals surface area contributed by atoms with Crippen LogP contribution in [0.4, 0.5) is 0 Å². The molecule has 0 saturated carbocycles. The van der Waals surface area contributed by atoms with Crippen LogP contribution in [0.25, 0.3) is 11.0 Å². The number of amides is 1. The summed E-state index contributed by atoms with van der Waals surface area (Å²) in [6.45, 7) is 4.78. The van der Waals surface area contributed by atoms with Crippen LogP contribution in [0.2, 0.25) is 0 Å². The van der Waals surface area contributed by atoms with Crippen LogP contribution < -0.4 is 10.2 Å². The van der Waals surface area contributed by atoms with Gasteiger partial charge in [0.2, 0.25) is 5.76 Å². The van der Waals surface area contributed by atoms with Gasteiger partial charge in [0.1, 0.15) is 5.58 Å². The third kappa shape index (κ3) is 3.14. The summed E-state index contributed by atoms with van der Waals surface area (Å²) in [4.78, 5) is 28.2. The molecule has 0 radical (unpaired) electrons. The first-order valence-electron chi connectivity index (χ1n) is 9.89. The van der Waals surface area contributed by atoms with E-state index in [0.717, 1.165) is 12.8 Å². The number of nitrogens with zero attached hydrogens (tertiary/aromatic N) is 1. The van der Waals surface area contributed by atoms with Gasteiger partial charge in [-0.2, -0.15) is 0 Å². The predicted octanol–water partition coefficient (Wildman–Crippen LogP) is 4.24. The summed E-state index contributed by atoms with van der Waals surface area (Å²) in [5.74, 6) is 0.158. The van der Waals surface area contributed by atoms with Crippen molar-refractivity contribution in [3.8, 4) is 11.5 Å². The summed E-state index contributed by atoms with van der Waals surface area (Å²) in [7, 11) is 0. The second kappa shape index (κ2) is 7.62. The van der Waals surface area contributed by atoms with Gasteiger partial charge in [-0.25, -0.2) is 0 Å². The minimum Gasteiger partial charge on any atom is -0.504 e. The van der Waals surface area contributed by atoms with E-state index < -0.39 is 6.04 Å². The largest absolute Gasteiger partial charge is 0.504 e. The predicted molar refractivity (Wildman–Crippen MR) is 110 cm³/mol. The van der Waals surface area contributed by atoms with E-state index in [4.69, 9.17) is 9.15 Å². The molecule has 1 aliphatic rings. The Labute approximate surface area is 168 Å². The zero-order valence-corrected chi connectivity index (χ0v) is 16.5. The third-order valence-corrected chi connectivity index (χ3v) is 5.23. The van der Waals surface area contributed by atoms with Crippen LogP contribution in [0.3, 0.4) is 0 Å². The fraction of sp³-hybridized carbons (Fsp3) is 0.304. The van der Waals surface area contributed by atoms with Gasteiger partial charge in [-0.3, -0.25) is 9.59 Å². The Morgan fingerprint density at radius 3 is 2.69 bits per heavy atom. The lowest BCUT2D eigenvalue weighted by molar-refractivity contribution is 0.0725. The lowest BCUT2D eigenvalue weighted by Gasteiger charge is -2.25. The number of hydrogen-bond acceptors (Lipinski definition) is 5. The first-order valence-corrected chi connectivity index (χ1v) is 9.89. The average molecular weight is 393 g/mol. The van der Waals surface area contributed by atoms with E-state index >= 15 is 0 Å². The number of para-hydroxylation sites is 1. The van der Waals surface area contributed by atoms with Gasteiger partial charge in [0.05, 0.1) is 23.6 Å². The van der Waals surface area contributed by atoms with Gasteiger partial charge in [-0.15, -0.1) is 0 Å². The highest BCUT2D eigenvalue weighted by atomic mass is 16.5. The first kappa shape index (κ1) is 19.1. The van der Waals surface area contributed by atoms with Gasteiger partial charge in [0.25, 0.3) is 5.91 Å². The highest BCUT2D eigenvalue weighted by Gasteiger charge is 2.42. The molecule has 1 aromatic heterocycles. The average Bonchev–Trinajstić information content (AvgIpc) is 3.00. The number of hydrogen-bond donors (Lipinski definition) is 1. The van der Waals surface area contributed by atoms with Gasteiger partial charge in [-0.05, 0) is 43.2 Å². The second-order valence-corrected chi connectivity index (χ2v) is 7.08. The normalized spacial score (nSPS) is 15.7. The molecule has 0 aliphatic carbocycles. The fourth-order valence-corrected chi connectivity index (χ4v) is 3.84. The molecule has 2 aromatic carbocycles. The van der Waals surface area contributed by atoms with Crippen LogP contribution in [0, 0.1) is 0 Å². The highest BCUT2D eigenvalue weighted by molar-refractivity contribution is 5.99. The van der Waals surface area contributed by atoms with Crippen molar-refractivity contribution in [3.63, 3.8) is 0 Å². The van der Waals surface area contributed by atoms with Gasteiger partial charge in [0.15, 0.2) is 16.9 Å². The van der Waals surface area contributed by atoms with Crippen molar-refractivity contribution >= 4 is 16.9 Å². The lowest BCUT2D eigenvalue weighted by atomic mass is 9.98. The summed E-state index contributed by atoms with van der Waals surface area (Å²) in [6.07, 6.45) is 1.72. The number of rotatable bonds is 6. The van der Waals surface area contributed by atoms with E-state index in [9.17, 15) is 14.7 Å². The zero-order chi connectivity index (χ0) is 20.5. The SMILES string of the molecule is CCCCN1C(=O)c2oc3ccccc3c(=O)c2C1c1ccc(O)c(OCC)c1. The Kier molecular flexibility index (Phi) is 5.01. The third-order valence-electron chi connectivity index (χ3n) is 5.23. The maximum atomic E-state index is 13.3. The summed E-state index contributed by atoms with van der Waals surface area (Å²) >= 11 is 0. The molecule has 2 heterocycles. The number of fused-ring (bicyclic) bond motifs is 2. The molecule has 6 nitrogen and oxygen atoms in total. The molecule has 0 fully saturated rings. The maximum Gasteiger partial charge on any atom is 0.290 e. The standard InChI is InChI=1S/C23H23NO5/c1-3-5-12-24-20(14-10-11-16(25)18(13-14)28-4-2)19-21(26)15-8-6-7-9-17(15)29-22(19)23(24)27/h6-11,13,20,25H,3-5,12H2,1-2H3. The minimum atomic E-state index is -0.579. The molecule has 1 unspecified atom stereocenters. The van der Waals surface area contributed by atoms with Crippen LogP contribution in [-0.2, 0) is 0 Å². The first-order chi connectivity index (χ1) is 14.1. The van der Waals surface area contributed by atoms with Crippen molar-refractivity contribution in [2.45, 2.75) is 32.7 Å². The number of carbonyl (C=O) groups is 1. The van der Waals surface area contributed by atoms with E-state index in [1.165, 1.54) is 6.07 Å². The Morgan fingerprint density at radius 1 is 1.14 bits per heavy atom. The number of unbranched alkanes of at least 4 members (excludes halogenated alkanes) is 1. The fourth-order valence-electron chi connectivity index (χ4n) is 3.84. The Balaban J connectivity index is 1.94. The number of benzene rings is 2. The molecular weight excluding hydrogens is 370 g/mol. The Hall–Kier alpha value is -3.28. The number of carbonyl (C=O) groups excluding carboxylic acids is 1. The van der Waals surface area contributed by atoms with Gasteiger partial charge in [0, 0.05) is 6.54 Å². The molecule has 150 valence electrons. The van der Waals surface area contributed by atoms with Crippen LogP contribution in [-0.4, -0.2) is 29.1 Å². The summed E-state index contributed by atoms with van der Waals surface area (Å²) < 4.78 is 11.4. The van der Waals surface area contributed by atoms with E-state index in [1.54, 1.807) is 41.3 Å². The van der Waals surface area contributed by atoms with Crippen molar-refractivity contribution < 1.29 is 19.1 Å². The number of phenols is 1. The number of ether oxygens (including phenoxy) is 1. The van der Waals surface area contributed by atoms with Crippen molar-refractivity contribution in [3.05, 3.63) is 69.6 Å². The highest BCUT2D eigenvalue weighted by Crippen LogP contribution is 2.40. The smallest absolute Gasteiger partial charge is 0.290 e. The van der Waals surface area contributed by atoms with E-state index in [-0.39, 0.29) is 22.8 Å². The Morgan fingerprint density at radius 2 is 1.93 bits per heavy atom. The monoisotopic (exact) mass is 393 g/mol. The molecule has 1 amide bonds. The van der Waals surface area contributed by atoms with Crippen LogP contribution in [0.15, 0.2) is 51.7 Å². The van der Waals surface area contributed by atoms with Crippen LogP contribution in [0.5, 0.6) is 11.5 Å². The van der Waals surface area contributed by atoms with Crippen LogP contribution in [0.1, 0.15) is 54.4 Å². The molecule has 3 aromatic rings. The Bertz CT molecular complexity index is 1130. The zero-order valence-electron chi connectivity index (χ0n) is 16.5. The molecule has 0 bridgehead atoms. The van der Waals surface area contributed by atoms with E-state index in [0.29, 0.717) is 41.0 Å². The topological polar surface area (TPSA) is 80.0 Å². The maximum absolute atomic E-state index is 13.3. The molecule has 1 aliphatic heterocycles. The molecule has 6 heteroatoms. The van der Waals surface area contributed by atoms with Crippen LogP contribution >= 0.6 is 0 Å². The van der Waals surface area contributed by atoms with Crippen molar-refractivity contribution in [2.75, 3.05) is 13.2 Å². The minimum absolute atomic E-state index is 0.0193. The van der Waals surface area contributed by atoms with Gasteiger partial charge >= 0.3 is 0 Å². The number of phenolic OH excluding ortho intramolecular Hbond substituents is 1. The van der Waals surface area contributed by atoms with Gasteiger partial charge in [-0.1, -0.05) is 31.5 Å². The van der Waals surface area contributed by atoms with Gasteiger partial charge < -0.3 is 19.2 Å². The molecule has 1 N–H and O–H groups in total. The van der Waals surface area contributed by atoms with Crippen molar-refractivity contribution in [1.82, 2.24) is 4.90 Å². The lowest BCUT2D eigenvalue weighted by Crippen LogP contribution is -2.30. The molecule has 0 saturated heterocycles. The molecule has 29 heavy (non-hydrogen) atoms. The molecule has 0 spiro atoms. The summed E-state index contributed by atoms with van der Waals surface area (Å²) in [5, 5.41) is 10.5. The van der Waals surface area contributed by atoms with Crippen molar-refractivity contribution in [2.24, 2.45) is 0 Å².